The normalized spacial score (nSPS) is 20.9. The molecule has 0 saturated heterocycles. The van der Waals surface area contributed by atoms with Crippen LogP contribution in [0.3, 0.4) is 0 Å². The van der Waals surface area contributed by atoms with E-state index in [4.69, 9.17) is 4.74 Å². The average molecular weight is 300 g/mol. The molecular formula is C18H20O4. The van der Waals surface area contributed by atoms with E-state index in [1.54, 1.807) is 19.1 Å². The summed E-state index contributed by atoms with van der Waals surface area (Å²) >= 11 is 0. The highest BCUT2D eigenvalue weighted by molar-refractivity contribution is 6.05. The molecule has 0 aromatic heterocycles. The van der Waals surface area contributed by atoms with E-state index < -0.39 is 11.6 Å². The van der Waals surface area contributed by atoms with Crippen LogP contribution in [0.25, 0.3) is 5.57 Å². The fourth-order valence-electron chi connectivity index (χ4n) is 2.48. The molecule has 0 bridgehead atoms. The SMILES string of the molecule is CCC(=O)C1=C(c2ccccc2)C=CC(O)(COC(C)=O)C1. The number of aliphatic hydroxyl groups is 1. The zero-order valence-corrected chi connectivity index (χ0v) is 12.8. The van der Waals surface area contributed by atoms with Crippen molar-refractivity contribution in [2.45, 2.75) is 32.3 Å². The van der Waals surface area contributed by atoms with Gasteiger partial charge in [0.25, 0.3) is 0 Å². The van der Waals surface area contributed by atoms with Gasteiger partial charge in [-0.1, -0.05) is 43.3 Å². The molecule has 1 unspecified atom stereocenters. The third-order valence-electron chi connectivity index (χ3n) is 3.64. The van der Waals surface area contributed by atoms with Crippen LogP contribution in [-0.4, -0.2) is 29.1 Å². The third kappa shape index (κ3) is 3.71. The van der Waals surface area contributed by atoms with Crippen molar-refractivity contribution in [1.82, 2.24) is 0 Å². The number of carbonyl (C=O) groups is 2. The van der Waals surface area contributed by atoms with E-state index in [9.17, 15) is 14.7 Å². The fourth-order valence-corrected chi connectivity index (χ4v) is 2.48. The van der Waals surface area contributed by atoms with Crippen LogP contribution in [-0.2, 0) is 14.3 Å². The molecule has 0 aliphatic heterocycles. The summed E-state index contributed by atoms with van der Waals surface area (Å²) in [6.07, 6.45) is 3.85. The molecule has 4 heteroatoms. The predicted octanol–water partition coefficient (Wildman–Crippen LogP) is 2.67. The number of allylic oxidation sites excluding steroid dienone is 2. The van der Waals surface area contributed by atoms with Crippen LogP contribution in [0.15, 0.2) is 48.1 Å². The van der Waals surface area contributed by atoms with Crippen molar-refractivity contribution < 1.29 is 19.4 Å². The van der Waals surface area contributed by atoms with Crippen molar-refractivity contribution in [3.05, 3.63) is 53.6 Å². The molecule has 1 aliphatic rings. The Hall–Kier alpha value is -2.20. The molecular weight excluding hydrogens is 280 g/mol. The standard InChI is InChI=1S/C18H20O4/c1-3-17(20)16-11-18(21,12-22-13(2)19)10-9-15(16)14-7-5-4-6-8-14/h4-10,21H,3,11-12H2,1-2H3. The first-order valence-corrected chi connectivity index (χ1v) is 7.32. The summed E-state index contributed by atoms with van der Waals surface area (Å²) in [7, 11) is 0. The van der Waals surface area contributed by atoms with Crippen molar-refractivity contribution in [1.29, 1.82) is 0 Å². The predicted molar refractivity (Wildman–Crippen MR) is 84.0 cm³/mol. The largest absolute Gasteiger partial charge is 0.462 e. The maximum absolute atomic E-state index is 12.3. The fraction of sp³-hybridized carbons (Fsp3) is 0.333. The highest BCUT2D eigenvalue weighted by Crippen LogP contribution is 2.34. The summed E-state index contributed by atoms with van der Waals surface area (Å²) in [6, 6.07) is 9.58. The molecule has 0 saturated carbocycles. The van der Waals surface area contributed by atoms with Crippen LogP contribution < -0.4 is 0 Å². The van der Waals surface area contributed by atoms with E-state index in [0.717, 1.165) is 11.1 Å². The Morgan fingerprint density at radius 2 is 1.95 bits per heavy atom. The molecule has 1 aliphatic carbocycles. The van der Waals surface area contributed by atoms with Crippen LogP contribution in [0.2, 0.25) is 0 Å². The van der Waals surface area contributed by atoms with Gasteiger partial charge in [-0.25, -0.2) is 0 Å². The van der Waals surface area contributed by atoms with Gasteiger partial charge in [0.2, 0.25) is 0 Å². The highest BCUT2D eigenvalue weighted by Gasteiger charge is 2.33. The van der Waals surface area contributed by atoms with Gasteiger partial charge >= 0.3 is 5.97 Å². The van der Waals surface area contributed by atoms with Crippen LogP contribution in [0, 0.1) is 0 Å². The van der Waals surface area contributed by atoms with Crippen LogP contribution in [0.5, 0.6) is 0 Å². The smallest absolute Gasteiger partial charge is 0.302 e. The Morgan fingerprint density at radius 3 is 2.55 bits per heavy atom. The highest BCUT2D eigenvalue weighted by atomic mass is 16.5. The molecule has 0 fully saturated rings. The quantitative estimate of drug-likeness (QED) is 0.849. The lowest BCUT2D eigenvalue weighted by atomic mass is 9.82. The number of ketones is 1. The lowest BCUT2D eigenvalue weighted by Gasteiger charge is -2.29. The first-order valence-electron chi connectivity index (χ1n) is 7.32. The Labute approximate surface area is 130 Å². The topological polar surface area (TPSA) is 63.6 Å². The summed E-state index contributed by atoms with van der Waals surface area (Å²) in [4.78, 5) is 23.2. The molecule has 1 atom stereocenters. The van der Waals surface area contributed by atoms with Crippen molar-refractivity contribution in [3.63, 3.8) is 0 Å². The molecule has 1 aromatic rings. The van der Waals surface area contributed by atoms with E-state index >= 15 is 0 Å². The van der Waals surface area contributed by atoms with Gasteiger partial charge in [-0.3, -0.25) is 9.59 Å². The van der Waals surface area contributed by atoms with Gasteiger partial charge < -0.3 is 9.84 Å². The first kappa shape index (κ1) is 16.2. The van der Waals surface area contributed by atoms with Crippen molar-refractivity contribution in [2.24, 2.45) is 0 Å². The number of hydrogen-bond donors (Lipinski definition) is 1. The zero-order chi connectivity index (χ0) is 16.2. The number of ether oxygens (including phenoxy) is 1. The second kappa shape index (κ2) is 6.71. The van der Waals surface area contributed by atoms with Crippen LogP contribution in [0.1, 0.15) is 32.3 Å². The van der Waals surface area contributed by atoms with E-state index in [-0.39, 0.29) is 18.8 Å². The monoisotopic (exact) mass is 300 g/mol. The Kier molecular flexibility index (Phi) is 4.93. The Morgan fingerprint density at radius 1 is 1.27 bits per heavy atom. The maximum atomic E-state index is 12.3. The molecule has 1 aromatic carbocycles. The van der Waals surface area contributed by atoms with E-state index in [1.807, 2.05) is 30.3 Å². The Bertz CT molecular complexity index is 628. The number of Topliss-reactive ketones (excluding diaryl/α,β-unsaturated/α-hetero) is 1. The lowest BCUT2D eigenvalue weighted by molar-refractivity contribution is -0.146. The number of benzene rings is 1. The lowest BCUT2D eigenvalue weighted by Crippen LogP contribution is -2.36. The molecule has 0 radical (unpaired) electrons. The maximum Gasteiger partial charge on any atom is 0.302 e. The number of carbonyl (C=O) groups excluding carboxylic acids is 2. The summed E-state index contributed by atoms with van der Waals surface area (Å²) in [6.45, 7) is 2.93. The summed E-state index contributed by atoms with van der Waals surface area (Å²) in [5, 5.41) is 10.5. The van der Waals surface area contributed by atoms with E-state index in [2.05, 4.69) is 0 Å². The van der Waals surface area contributed by atoms with Gasteiger partial charge in [0.1, 0.15) is 12.2 Å². The van der Waals surface area contributed by atoms with Gasteiger partial charge in [0.05, 0.1) is 0 Å². The molecule has 0 amide bonds. The first-order chi connectivity index (χ1) is 10.4. The zero-order valence-electron chi connectivity index (χ0n) is 12.8. The van der Waals surface area contributed by atoms with Crippen molar-refractivity contribution in [3.8, 4) is 0 Å². The van der Waals surface area contributed by atoms with Crippen LogP contribution >= 0.6 is 0 Å². The van der Waals surface area contributed by atoms with Gasteiger partial charge in [-0.2, -0.15) is 0 Å². The molecule has 2 rings (SSSR count). The molecule has 0 spiro atoms. The van der Waals surface area contributed by atoms with Gasteiger partial charge in [-0.05, 0) is 17.2 Å². The van der Waals surface area contributed by atoms with Gasteiger partial charge in [-0.15, -0.1) is 0 Å². The molecule has 116 valence electrons. The minimum atomic E-state index is -1.33. The second-order valence-corrected chi connectivity index (χ2v) is 5.43. The molecule has 0 heterocycles. The van der Waals surface area contributed by atoms with Gasteiger partial charge in [0, 0.05) is 25.3 Å². The summed E-state index contributed by atoms with van der Waals surface area (Å²) in [5.41, 5.74) is 1.00. The average Bonchev–Trinajstić information content (AvgIpc) is 2.53. The molecule has 1 N–H and O–H groups in total. The van der Waals surface area contributed by atoms with Crippen LogP contribution in [0.4, 0.5) is 0 Å². The number of rotatable bonds is 5. The van der Waals surface area contributed by atoms with E-state index in [1.165, 1.54) is 6.92 Å². The minimum absolute atomic E-state index is 0.00977. The third-order valence-corrected chi connectivity index (χ3v) is 3.64. The Balaban J connectivity index is 2.35. The van der Waals surface area contributed by atoms with Crippen molar-refractivity contribution in [2.75, 3.05) is 6.61 Å². The molecule has 22 heavy (non-hydrogen) atoms. The van der Waals surface area contributed by atoms with E-state index in [0.29, 0.717) is 12.0 Å². The summed E-state index contributed by atoms with van der Waals surface area (Å²) < 4.78 is 4.91. The van der Waals surface area contributed by atoms with Gasteiger partial charge in [0.15, 0.2) is 5.78 Å². The number of hydrogen-bond acceptors (Lipinski definition) is 4. The van der Waals surface area contributed by atoms with Crippen molar-refractivity contribution >= 4 is 17.3 Å². The number of esters is 1. The second-order valence-electron chi connectivity index (χ2n) is 5.43. The minimum Gasteiger partial charge on any atom is -0.462 e. The molecule has 4 nitrogen and oxygen atoms in total. The summed E-state index contributed by atoms with van der Waals surface area (Å²) in [5.74, 6) is -0.465.